The summed E-state index contributed by atoms with van der Waals surface area (Å²) in [7, 11) is 0. The highest BCUT2D eigenvalue weighted by molar-refractivity contribution is 5.88. The quantitative estimate of drug-likeness (QED) is 0.352. The zero-order valence-electron chi connectivity index (χ0n) is 16.3. The van der Waals surface area contributed by atoms with Crippen LogP contribution in [-0.4, -0.2) is 38.1 Å². The number of benzene rings is 2. The molecule has 0 aliphatic rings. The Labute approximate surface area is 165 Å². The first-order valence-electron chi connectivity index (χ1n) is 9.34. The Balaban J connectivity index is 1.77. The van der Waals surface area contributed by atoms with Crippen molar-refractivity contribution in [2.45, 2.75) is 20.3 Å². The molecule has 28 heavy (non-hydrogen) atoms. The molecular weight excluding hydrogens is 359 g/mol. The second-order valence-corrected chi connectivity index (χ2v) is 6.12. The van der Waals surface area contributed by atoms with Crippen LogP contribution in [0.2, 0.25) is 0 Å². The van der Waals surface area contributed by atoms with Crippen molar-refractivity contribution in [1.29, 1.82) is 0 Å². The number of guanidine groups is 1. The molecule has 2 rings (SSSR count). The maximum absolute atomic E-state index is 13.2. The predicted octanol–water partition coefficient (Wildman–Crippen LogP) is 2.96. The number of nitrogens with zero attached hydrogens (tertiary/aromatic N) is 1. The lowest BCUT2D eigenvalue weighted by Crippen LogP contribution is -2.39. The van der Waals surface area contributed by atoms with E-state index in [0.29, 0.717) is 43.5 Å². The Kier molecular flexibility index (Phi) is 8.78. The maximum atomic E-state index is 13.2. The van der Waals surface area contributed by atoms with Crippen LogP contribution in [0.15, 0.2) is 53.5 Å². The lowest BCUT2D eigenvalue weighted by atomic mass is 10.1. The Morgan fingerprint density at radius 1 is 1.14 bits per heavy atom. The summed E-state index contributed by atoms with van der Waals surface area (Å²) in [6.07, 6.45) is 0.667. The van der Waals surface area contributed by atoms with E-state index < -0.39 is 0 Å². The van der Waals surface area contributed by atoms with Crippen molar-refractivity contribution >= 4 is 17.6 Å². The number of hydrogen-bond acceptors (Lipinski definition) is 3. The molecule has 0 spiro atoms. The molecule has 0 aliphatic carbocycles. The van der Waals surface area contributed by atoms with Crippen LogP contribution >= 0.6 is 0 Å². The zero-order chi connectivity index (χ0) is 20.2. The van der Waals surface area contributed by atoms with Gasteiger partial charge in [0.25, 0.3) is 0 Å². The van der Waals surface area contributed by atoms with Crippen molar-refractivity contribution in [1.82, 2.24) is 10.6 Å². The number of halogens is 1. The summed E-state index contributed by atoms with van der Waals surface area (Å²) in [6, 6.07) is 13.8. The zero-order valence-corrected chi connectivity index (χ0v) is 16.3. The largest absolute Gasteiger partial charge is 0.492 e. The first-order valence-corrected chi connectivity index (χ1v) is 9.34. The topological polar surface area (TPSA) is 74.8 Å². The Morgan fingerprint density at radius 2 is 1.96 bits per heavy atom. The molecule has 7 heteroatoms. The SMILES string of the molecule is CCNC(=NCCc1cccc(F)c1)NCCOc1cccc(NC(C)=O)c1. The highest BCUT2D eigenvalue weighted by Crippen LogP contribution is 2.17. The smallest absolute Gasteiger partial charge is 0.221 e. The number of ether oxygens (including phenoxy) is 1. The van der Waals surface area contributed by atoms with E-state index in [4.69, 9.17) is 4.74 Å². The minimum Gasteiger partial charge on any atom is -0.492 e. The van der Waals surface area contributed by atoms with Gasteiger partial charge in [0.1, 0.15) is 18.2 Å². The molecular formula is C21H27FN4O2. The van der Waals surface area contributed by atoms with Crippen LogP contribution in [0.3, 0.4) is 0 Å². The van der Waals surface area contributed by atoms with Gasteiger partial charge < -0.3 is 20.7 Å². The fourth-order valence-electron chi connectivity index (χ4n) is 2.54. The summed E-state index contributed by atoms with van der Waals surface area (Å²) < 4.78 is 18.9. The molecule has 0 unspecified atom stereocenters. The van der Waals surface area contributed by atoms with E-state index in [0.717, 1.165) is 12.1 Å². The van der Waals surface area contributed by atoms with Gasteiger partial charge in [0.05, 0.1) is 6.54 Å². The lowest BCUT2D eigenvalue weighted by Gasteiger charge is -2.12. The van der Waals surface area contributed by atoms with Gasteiger partial charge in [-0.05, 0) is 43.2 Å². The van der Waals surface area contributed by atoms with E-state index in [2.05, 4.69) is 20.9 Å². The van der Waals surface area contributed by atoms with Crippen molar-refractivity contribution in [3.8, 4) is 5.75 Å². The van der Waals surface area contributed by atoms with E-state index in [1.54, 1.807) is 18.2 Å². The summed E-state index contributed by atoms with van der Waals surface area (Å²) in [5.41, 5.74) is 1.62. The van der Waals surface area contributed by atoms with E-state index in [9.17, 15) is 9.18 Å². The summed E-state index contributed by atoms with van der Waals surface area (Å²) in [5, 5.41) is 9.10. The van der Waals surface area contributed by atoms with Gasteiger partial charge in [0.2, 0.25) is 5.91 Å². The van der Waals surface area contributed by atoms with Gasteiger partial charge in [0, 0.05) is 31.8 Å². The number of anilines is 1. The van der Waals surface area contributed by atoms with E-state index in [1.165, 1.54) is 19.1 Å². The third-order valence-electron chi connectivity index (χ3n) is 3.72. The fraction of sp³-hybridized carbons (Fsp3) is 0.333. The van der Waals surface area contributed by atoms with Gasteiger partial charge in [-0.3, -0.25) is 9.79 Å². The van der Waals surface area contributed by atoms with Crippen molar-refractivity contribution in [2.75, 3.05) is 31.6 Å². The molecule has 0 aromatic heterocycles. The molecule has 0 saturated heterocycles. The van der Waals surface area contributed by atoms with E-state index in [-0.39, 0.29) is 11.7 Å². The van der Waals surface area contributed by atoms with E-state index >= 15 is 0 Å². The highest BCUT2D eigenvalue weighted by Gasteiger charge is 2.01. The molecule has 0 bridgehead atoms. The Bertz CT molecular complexity index is 795. The molecule has 6 nitrogen and oxygen atoms in total. The average molecular weight is 386 g/mol. The van der Waals surface area contributed by atoms with Gasteiger partial charge in [-0.1, -0.05) is 18.2 Å². The second-order valence-electron chi connectivity index (χ2n) is 6.12. The molecule has 3 N–H and O–H groups in total. The van der Waals surface area contributed by atoms with Gasteiger partial charge in [-0.25, -0.2) is 4.39 Å². The van der Waals surface area contributed by atoms with E-state index in [1.807, 2.05) is 25.1 Å². The molecule has 0 atom stereocenters. The number of carbonyl (C=O) groups is 1. The first kappa shape index (κ1) is 21.2. The minimum atomic E-state index is -0.230. The Morgan fingerprint density at radius 3 is 2.71 bits per heavy atom. The van der Waals surface area contributed by atoms with Crippen LogP contribution in [0.5, 0.6) is 5.75 Å². The molecule has 2 aromatic carbocycles. The predicted molar refractivity (Wildman–Crippen MR) is 110 cm³/mol. The molecule has 0 heterocycles. The molecule has 0 radical (unpaired) electrons. The average Bonchev–Trinajstić information content (AvgIpc) is 2.65. The standard InChI is InChI=1S/C21H27FN4O2/c1-3-23-21(24-11-10-17-6-4-7-18(22)14-17)25-12-13-28-20-9-5-8-19(15-20)26-16(2)27/h4-9,14-15H,3,10-13H2,1-2H3,(H,26,27)(H2,23,24,25). The minimum absolute atomic E-state index is 0.122. The molecule has 150 valence electrons. The maximum Gasteiger partial charge on any atom is 0.221 e. The number of aliphatic imine (C=N–C) groups is 1. The number of hydrogen-bond donors (Lipinski definition) is 3. The van der Waals surface area contributed by atoms with Crippen molar-refractivity contribution in [2.24, 2.45) is 4.99 Å². The third kappa shape index (κ3) is 8.07. The third-order valence-corrected chi connectivity index (χ3v) is 3.72. The monoisotopic (exact) mass is 386 g/mol. The first-order chi connectivity index (χ1) is 13.6. The van der Waals surface area contributed by atoms with Crippen LogP contribution < -0.4 is 20.7 Å². The summed E-state index contributed by atoms with van der Waals surface area (Å²) in [5.74, 6) is 1.02. The highest BCUT2D eigenvalue weighted by atomic mass is 19.1. The molecule has 0 aliphatic heterocycles. The molecule has 1 amide bonds. The molecule has 2 aromatic rings. The normalized spacial score (nSPS) is 11.0. The summed E-state index contributed by atoms with van der Waals surface area (Å²) >= 11 is 0. The van der Waals surface area contributed by atoms with Crippen LogP contribution in [-0.2, 0) is 11.2 Å². The number of rotatable bonds is 9. The van der Waals surface area contributed by atoms with Gasteiger partial charge in [-0.15, -0.1) is 0 Å². The lowest BCUT2D eigenvalue weighted by molar-refractivity contribution is -0.114. The van der Waals surface area contributed by atoms with Crippen LogP contribution in [0.25, 0.3) is 0 Å². The van der Waals surface area contributed by atoms with Crippen molar-refractivity contribution in [3.05, 3.63) is 59.9 Å². The number of nitrogens with one attached hydrogen (secondary N) is 3. The van der Waals surface area contributed by atoms with Crippen LogP contribution in [0.1, 0.15) is 19.4 Å². The van der Waals surface area contributed by atoms with Crippen molar-refractivity contribution < 1.29 is 13.9 Å². The van der Waals surface area contributed by atoms with Gasteiger partial charge in [0.15, 0.2) is 5.96 Å². The Hall–Kier alpha value is -3.09. The summed E-state index contributed by atoms with van der Waals surface area (Å²) in [4.78, 5) is 15.6. The molecule has 0 fully saturated rings. The summed E-state index contributed by atoms with van der Waals surface area (Å²) in [6.45, 7) is 5.76. The van der Waals surface area contributed by atoms with Crippen LogP contribution in [0, 0.1) is 5.82 Å². The number of amides is 1. The fourth-order valence-corrected chi connectivity index (χ4v) is 2.54. The van der Waals surface area contributed by atoms with Crippen LogP contribution in [0.4, 0.5) is 10.1 Å². The van der Waals surface area contributed by atoms with Gasteiger partial charge >= 0.3 is 0 Å². The second kappa shape index (κ2) is 11.6. The van der Waals surface area contributed by atoms with Gasteiger partial charge in [-0.2, -0.15) is 0 Å². The molecule has 0 saturated carbocycles. The van der Waals surface area contributed by atoms with Crippen molar-refractivity contribution in [3.63, 3.8) is 0 Å². The number of carbonyl (C=O) groups excluding carboxylic acids is 1.